The van der Waals surface area contributed by atoms with Crippen molar-refractivity contribution in [1.29, 1.82) is 0 Å². The number of ether oxygens (including phenoxy) is 2. The molecule has 2 fully saturated rings. The van der Waals surface area contributed by atoms with E-state index >= 15 is 0 Å². The van der Waals surface area contributed by atoms with Crippen LogP contribution in [0.25, 0.3) is 0 Å². The maximum absolute atomic E-state index is 12.1. The van der Waals surface area contributed by atoms with Crippen LogP contribution in [0.5, 0.6) is 0 Å². The quantitative estimate of drug-likeness (QED) is 0.585. The lowest BCUT2D eigenvalue weighted by Gasteiger charge is -2.40. The number of guanidine groups is 1. The van der Waals surface area contributed by atoms with Crippen molar-refractivity contribution in [3.05, 3.63) is 35.9 Å². The smallest absolute Gasteiger partial charge is 0.410 e. The van der Waals surface area contributed by atoms with E-state index in [2.05, 4.69) is 41.8 Å². The van der Waals surface area contributed by atoms with Crippen LogP contribution in [0.3, 0.4) is 0 Å². The number of benzene rings is 1. The Bertz CT molecular complexity index is 696. The summed E-state index contributed by atoms with van der Waals surface area (Å²) >= 11 is 0. The van der Waals surface area contributed by atoms with E-state index in [1.54, 1.807) is 4.90 Å². The zero-order chi connectivity index (χ0) is 20.9. The van der Waals surface area contributed by atoms with Crippen molar-refractivity contribution in [2.75, 3.05) is 32.8 Å². The molecule has 2 heterocycles. The van der Waals surface area contributed by atoms with Gasteiger partial charge in [-0.15, -0.1) is 0 Å². The number of carbonyl (C=O) groups excluding carboxylic acids is 1. The Balaban J connectivity index is 1.51. The Morgan fingerprint density at radius 2 is 2.00 bits per heavy atom. The minimum Gasteiger partial charge on any atom is -0.444 e. The van der Waals surface area contributed by atoms with Crippen LogP contribution in [0.2, 0.25) is 0 Å². The SMILES string of the molecule is CCNC(=NCC1CCOC1c1ccccc1)NC1CN(C(=O)OC(C)(C)C)C1. The summed E-state index contributed by atoms with van der Waals surface area (Å²) in [6, 6.07) is 10.6. The molecule has 3 rings (SSSR count). The van der Waals surface area contributed by atoms with Gasteiger partial charge in [0.2, 0.25) is 0 Å². The second kappa shape index (κ2) is 9.48. The van der Waals surface area contributed by atoms with Crippen LogP contribution in [-0.2, 0) is 9.47 Å². The number of aliphatic imine (C=N–C) groups is 1. The van der Waals surface area contributed by atoms with Crippen molar-refractivity contribution in [2.24, 2.45) is 10.9 Å². The van der Waals surface area contributed by atoms with E-state index in [0.29, 0.717) is 25.6 Å². The van der Waals surface area contributed by atoms with Gasteiger partial charge in [-0.2, -0.15) is 0 Å². The second-order valence-electron chi connectivity index (χ2n) is 8.70. The predicted octanol–water partition coefficient (Wildman–Crippen LogP) is 2.94. The number of nitrogens with zero attached hydrogens (tertiary/aromatic N) is 2. The molecule has 2 saturated heterocycles. The van der Waals surface area contributed by atoms with Gasteiger partial charge in [-0.1, -0.05) is 30.3 Å². The van der Waals surface area contributed by atoms with Gasteiger partial charge in [-0.25, -0.2) is 4.79 Å². The van der Waals surface area contributed by atoms with Gasteiger partial charge in [-0.3, -0.25) is 4.99 Å². The molecule has 2 aliphatic heterocycles. The Labute approximate surface area is 173 Å². The summed E-state index contributed by atoms with van der Waals surface area (Å²) in [4.78, 5) is 18.6. The Hall–Kier alpha value is -2.28. The Morgan fingerprint density at radius 3 is 2.66 bits per heavy atom. The second-order valence-corrected chi connectivity index (χ2v) is 8.70. The number of rotatable bonds is 5. The summed E-state index contributed by atoms with van der Waals surface area (Å²) in [5.74, 6) is 1.16. The largest absolute Gasteiger partial charge is 0.444 e. The summed E-state index contributed by atoms with van der Waals surface area (Å²) in [7, 11) is 0. The molecule has 0 aromatic heterocycles. The maximum Gasteiger partial charge on any atom is 0.410 e. The third-order valence-electron chi connectivity index (χ3n) is 5.04. The lowest BCUT2D eigenvalue weighted by molar-refractivity contribution is 0.00700. The number of hydrogen-bond acceptors (Lipinski definition) is 4. The highest BCUT2D eigenvalue weighted by molar-refractivity contribution is 5.80. The van der Waals surface area contributed by atoms with Crippen molar-refractivity contribution in [3.63, 3.8) is 0 Å². The molecule has 1 aromatic carbocycles. The first kappa shape index (κ1) is 21.4. The predicted molar refractivity (Wildman–Crippen MR) is 114 cm³/mol. The van der Waals surface area contributed by atoms with Crippen molar-refractivity contribution < 1.29 is 14.3 Å². The van der Waals surface area contributed by atoms with Crippen LogP contribution in [0.4, 0.5) is 4.79 Å². The molecule has 1 aromatic rings. The Morgan fingerprint density at radius 1 is 1.28 bits per heavy atom. The van der Waals surface area contributed by atoms with E-state index in [1.165, 1.54) is 5.56 Å². The van der Waals surface area contributed by atoms with E-state index < -0.39 is 5.60 Å². The number of carbonyl (C=O) groups is 1. The van der Waals surface area contributed by atoms with E-state index in [1.807, 2.05) is 26.8 Å². The lowest BCUT2D eigenvalue weighted by Crippen LogP contribution is -2.63. The minimum atomic E-state index is -0.468. The number of hydrogen-bond donors (Lipinski definition) is 2. The summed E-state index contributed by atoms with van der Waals surface area (Å²) in [6.07, 6.45) is 0.860. The summed E-state index contributed by atoms with van der Waals surface area (Å²) in [5.41, 5.74) is 0.750. The van der Waals surface area contributed by atoms with E-state index in [4.69, 9.17) is 14.5 Å². The maximum atomic E-state index is 12.1. The van der Waals surface area contributed by atoms with Gasteiger partial charge in [0.15, 0.2) is 5.96 Å². The molecule has 0 saturated carbocycles. The molecule has 0 aliphatic carbocycles. The summed E-state index contributed by atoms with van der Waals surface area (Å²) in [6.45, 7) is 11.2. The van der Waals surface area contributed by atoms with Crippen LogP contribution in [0, 0.1) is 5.92 Å². The molecule has 2 atom stereocenters. The molecule has 2 unspecified atom stereocenters. The summed E-state index contributed by atoms with van der Waals surface area (Å²) < 4.78 is 11.4. The molecular weight excluding hydrogens is 368 g/mol. The van der Waals surface area contributed by atoms with E-state index in [-0.39, 0.29) is 18.2 Å². The third-order valence-corrected chi connectivity index (χ3v) is 5.04. The first-order valence-electron chi connectivity index (χ1n) is 10.5. The molecule has 7 nitrogen and oxygen atoms in total. The molecule has 2 aliphatic rings. The molecular formula is C22H34N4O3. The van der Waals surface area contributed by atoms with Crippen LogP contribution in [0.1, 0.15) is 45.8 Å². The van der Waals surface area contributed by atoms with Crippen LogP contribution < -0.4 is 10.6 Å². The van der Waals surface area contributed by atoms with Gasteiger partial charge in [0.1, 0.15) is 5.60 Å². The Kier molecular flexibility index (Phi) is 7.00. The highest BCUT2D eigenvalue weighted by Crippen LogP contribution is 2.34. The molecule has 1 amide bonds. The minimum absolute atomic E-state index is 0.106. The first-order chi connectivity index (χ1) is 13.9. The highest BCUT2D eigenvalue weighted by Gasteiger charge is 2.34. The zero-order valence-corrected chi connectivity index (χ0v) is 18.0. The van der Waals surface area contributed by atoms with E-state index in [9.17, 15) is 4.79 Å². The highest BCUT2D eigenvalue weighted by atomic mass is 16.6. The van der Waals surface area contributed by atoms with Gasteiger partial charge < -0.3 is 25.0 Å². The molecule has 0 radical (unpaired) electrons. The third kappa shape index (κ3) is 6.10. The van der Waals surface area contributed by atoms with Crippen molar-refractivity contribution in [2.45, 2.75) is 51.9 Å². The van der Waals surface area contributed by atoms with E-state index in [0.717, 1.165) is 25.5 Å². The molecule has 2 N–H and O–H groups in total. The number of amides is 1. The van der Waals surface area contributed by atoms with Crippen LogP contribution in [0.15, 0.2) is 35.3 Å². The normalized spacial score (nSPS) is 22.9. The lowest BCUT2D eigenvalue weighted by atomic mass is 9.95. The standard InChI is InChI=1S/C22H34N4O3/c1-5-23-20(25-18-14-26(15-18)21(27)29-22(2,3)4)24-13-17-11-12-28-19(17)16-9-7-6-8-10-16/h6-10,17-19H,5,11-15H2,1-4H3,(H2,23,24,25). The molecule has 29 heavy (non-hydrogen) atoms. The average Bonchev–Trinajstić information content (AvgIpc) is 3.10. The average molecular weight is 403 g/mol. The first-order valence-corrected chi connectivity index (χ1v) is 10.5. The molecule has 0 bridgehead atoms. The van der Waals surface area contributed by atoms with Crippen LogP contribution >= 0.6 is 0 Å². The number of nitrogens with one attached hydrogen (secondary N) is 2. The summed E-state index contributed by atoms with van der Waals surface area (Å²) in [5, 5.41) is 6.74. The molecule has 0 spiro atoms. The van der Waals surface area contributed by atoms with Crippen molar-refractivity contribution in [1.82, 2.24) is 15.5 Å². The topological polar surface area (TPSA) is 75.2 Å². The van der Waals surface area contributed by atoms with Gasteiger partial charge in [0, 0.05) is 38.7 Å². The van der Waals surface area contributed by atoms with Crippen molar-refractivity contribution in [3.8, 4) is 0 Å². The van der Waals surface area contributed by atoms with Crippen LogP contribution in [-0.4, -0.2) is 61.4 Å². The van der Waals surface area contributed by atoms with Gasteiger partial charge in [0.05, 0.1) is 12.1 Å². The fourth-order valence-corrected chi connectivity index (χ4v) is 3.60. The number of likely N-dealkylation sites (tertiary alicyclic amines) is 1. The van der Waals surface area contributed by atoms with Crippen molar-refractivity contribution >= 4 is 12.1 Å². The van der Waals surface area contributed by atoms with Gasteiger partial charge in [0.25, 0.3) is 0 Å². The van der Waals surface area contributed by atoms with Gasteiger partial charge in [-0.05, 0) is 39.7 Å². The van der Waals surface area contributed by atoms with Gasteiger partial charge >= 0.3 is 6.09 Å². The fraction of sp³-hybridized carbons (Fsp3) is 0.636. The molecule has 7 heteroatoms. The molecule has 160 valence electrons. The zero-order valence-electron chi connectivity index (χ0n) is 18.0. The fourth-order valence-electron chi connectivity index (χ4n) is 3.60. The monoisotopic (exact) mass is 402 g/mol.